The van der Waals surface area contributed by atoms with Crippen LogP contribution in [-0.4, -0.2) is 22.8 Å². The van der Waals surface area contributed by atoms with Crippen LogP contribution in [0.1, 0.15) is 5.56 Å². The van der Waals surface area contributed by atoms with Gasteiger partial charge in [0.15, 0.2) is 0 Å². The van der Waals surface area contributed by atoms with Gasteiger partial charge in [-0.3, -0.25) is 5.21 Å². The van der Waals surface area contributed by atoms with Crippen molar-refractivity contribution < 1.29 is 14.4 Å². The molecule has 0 spiro atoms. The van der Waals surface area contributed by atoms with E-state index in [-0.39, 0.29) is 12.4 Å². The molecule has 0 atom stereocenters. The highest BCUT2D eigenvalue weighted by molar-refractivity contribution is 7.99. The van der Waals surface area contributed by atoms with Crippen LogP contribution in [0, 0.1) is 5.82 Å². The lowest BCUT2D eigenvalue weighted by Gasteiger charge is -2.09. The third-order valence-corrected chi connectivity index (χ3v) is 3.89. The molecule has 6 heteroatoms. The quantitative estimate of drug-likeness (QED) is 0.651. The summed E-state index contributed by atoms with van der Waals surface area (Å²) in [5.74, 6) is -0.271. The zero-order chi connectivity index (χ0) is 15.9. The second kappa shape index (κ2) is 7.63. The topological polar surface area (TPSA) is 66.6 Å². The van der Waals surface area contributed by atoms with Gasteiger partial charge in [-0.25, -0.2) is 14.2 Å². The maximum atomic E-state index is 12.9. The number of nitrogens with two attached hydrogens (primary N) is 1. The van der Waals surface area contributed by atoms with Crippen LogP contribution in [-0.2, 0) is 0 Å². The summed E-state index contributed by atoms with van der Waals surface area (Å²) >= 11 is 1.50. The molecule has 0 fully saturated rings. The minimum absolute atomic E-state index is 0.00484. The molecule has 22 heavy (non-hydrogen) atoms. The maximum absolute atomic E-state index is 12.9. The van der Waals surface area contributed by atoms with E-state index in [9.17, 15) is 14.4 Å². The Labute approximate surface area is 132 Å². The van der Waals surface area contributed by atoms with Gasteiger partial charge in [-0.2, -0.15) is 0 Å². The molecule has 3 N–H and O–H groups in total. The molecule has 2 amide bonds. The molecule has 0 saturated carbocycles. The molecule has 114 valence electrons. The molecule has 0 unspecified atom stereocenters. The van der Waals surface area contributed by atoms with E-state index in [1.165, 1.54) is 23.9 Å². The second-order valence-corrected chi connectivity index (χ2v) is 5.53. The molecule has 0 saturated heterocycles. The van der Waals surface area contributed by atoms with Gasteiger partial charge in [0.1, 0.15) is 5.82 Å². The lowest BCUT2D eigenvalue weighted by Crippen LogP contribution is -2.32. The van der Waals surface area contributed by atoms with Crippen molar-refractivity contribution in [2.75, 3.05) is 6.54 Å². The monoisotopic (exact) mass is 318 g/mol. The van der Waals surface area contributed by atoms with Gasteiger partial charge in [0.05, 0.1) is 6.54 Å². The average molecular weight is 318 g/mol. The Morgan fingerprint density at radius 2 is 1.91 bits per heavy atom. The summed E-state index contributed by atoms with van der Waals surface area (Å²) in [6, 6.07) is 13.0. The van der Waals surface area contributed by atoms with Crippen molar-refractivity contribution in [3.05, 3.63) is 66.0 Å². The second-order valence-electron chi connectivity index (χ2n) is 4.42. The Kier molecular flexibility index (Phi) is 5.57. The van der Waals surface area contributed by atoms with Gasteiger partial charge in [0, 0.05) is 9.79 Å². The first-order valence-electron chi connectivity index (χ1n) is 6.51. The number of carbonyl (C=O) groups excluding carboxylic acids is 1. The van der Waals surface area contributed by atoms with Crippen LogP contribution < -0.4 is 5.73 Å². The molecule has 4 nitrogen and oxygen atoms in total. The lowest BCUT2D eigenvalue weighted by atomic mass is 10.2. The summed E-state index contributed by atoms with van der Waals surface area (Å²) in [6.07, 6.45) is 3.42. The fourth-order valence-corrected chi connectivity index (χ4v) is 2.64. The smallest absolute Gasteiger partial charge is 0.338 e. The van der Waals surface area contributed by atoms with E-state index in [1.807, 2.05) is 24.3 Å². The van der Waals surface area contributed by atoms with Crippen molar-refractivity contribution in [1.82, 2.24) is 5.06 Å². The zero-order valence-electron chi connectivity index (χ0n) is 11.6. The van der Waals surface area contributed by atoms with Crippen LogP contribution in [0.5, 0.6) is 0 Å². The van der Waals surface area contributed by atoms with Gasteiger partial charge >= 0.3 is 6.03 Å². The number of hydrogen-bond acceptors (Lipinski definition) is 3. The fourth-order valence-electron chi connectivity index (χ4n) is 1.71. The van der Waals surface area contributed by atoms with Crippen LogP contribution in [0.3, 0.4) is 0 Å². The van der Waals surface area contributed by atoms with Gasteiger partial charge in [-0.05, 0) is 35.9 Å². The van der Waals surface area contributed by atoms with E-state index in [4.69, 9.17) is 5.73 Å². The fraction of sp³-hybridized carbons (Fsp3) is 0.0625. The largest absolute Gasteiger partial charge is 0.350 e. The number of benzene rings is 2. The van der Waals surface area contributed by atoms with Gasteiger partial charge < -0.3 is 5.73 Å². The van der Waals surface area contributed by atoms with E-state index in [1.54, 1.807) is 24.3 Å². The lowest BCUT2D eigenvalue weighted by molar-refractivity contribution is -0.0286. The third kappa shape index (κ3) is 4.61. The molecular weight excluding hydrogens is 303 g/mol. The Hall–Kier alpha value is -2.31. The van der Waals surface area contributed by atoms with Crippen LogP contribution in [0.25, 0.3) is 6.08 Å². The predicted octanol–water partition coefficient (Wildman–Crippen LogP) is 3.76. The summed E-state index contributed by atoms with van der Waals surface area (Å²) in [5, 5.41) is 9.62. The number of carbonyl (C=O) groups is 1. The first-order valence-corrected chi connectivity index (χ1v) is 7.33. The van der Waals surface area contributed by atoms with Crippen molar-refractivity contribution in [3.8, 4) is 0 Å². The molecule has 0 aromatic heterocycles. The highest BCUT2D eigenvalue weighted by Crippen LogP contribution is 2.31. The molecule has 2 aromatic carbocycles. The first-order chi connectivity index (χ1) is 10.6. The normalized spacial score (nSPS) is 10.8. The molecule has 0 aliphatic heterocycles. The summed E-state index contributed by atoms with van der Waals surface area (Å²) in [6.45, 7) is 0.00484. The van der Waals surface area contributed by atoms with E-state index in [0.717, 1.165) is 15.4 Å². The first kappa shape index (κ1) is 16.1. The van der Waals surface area contributed by atoms with Crippen LogP contribution >= 0.6 is 11.8 Å². The number of hydroxylamine groups is 2. The molecule has 0 aliphatic carbocycles. The van der Waals surface area contributed by atoms with Gasteiger partial charge in [0.25, 0.3) is 0 Å². The summed E-state index contributed by atoms with van der Waals surface area (Å²) in [4.78, 5) is 12.6. The number of amides is 2. The van der Waals surface area contributed by atoms with Crippen molar-refractivity contribution in [2.45, 2.75) is 9.79 Å². The number of primary amides is 1. The minimum atomic E-state index is -0.904. The SMILES string of the molecule is NC(=O)N(O)C/C=C/c1ccccc1Sc1ccc(F)cc1. The molecule has 0 radical (unpaired) electrons. The van der Waals surface area contributed by atoms with Crippen molar-refractivity contribution >= 4 is 23.9 Å². The Bertz CT molecular complexity index is 674. The Morgan fingerprint density at radius 1 is 1.23 bits per heavy atom. The van der Waals surface area contributed by atoms with Crippen molar-refractivity contribution in [2.24, 2.45) is 5.73 Å². The Morgan fingerprint density at radius 3 is 2.59 bits per heavy atom. The summed E-state index contributed by atoms with van der Waals surface area (Å²) in [5.41, 5.74) is 5.85. The van der Waals surface area contributed by atoms with Crippen molar-refractivity contribution in [1.29, 1.82) is 0 Å². The number of halogens is 1. The summed E-state index contributed by atoms with van der Waals surface area (Å²) < 4.78 is 12.9. The van der Waals surface area contributed by atoms with E-state index in [0.29, 0.717) is 5.06 Å². The molecule has 2 aromatic rings. The van der Waals surface area contributed by atoms with Gasteiger partial charge in [-0.1, -0.05) is 42.1 Å². The average Bonchev–Trinajstić information content (AvgIpc) is 2.51. The molecule has 0 bridgehead atoms. The third-order valence-electron chi connectivity index (χ3n) is 2.79. The molecule has 0 aliphatic rings. The van der Waals surface area contributed by atoms with E-state index in [2.05, 4.69) is 0 Å². The highest BCUT2D eigenvalue weighted by Gasteiger charge is 2.04. The van der Waals surface area contributed by atoms with Crippen molar-refractivity contribution in [3.63, 3.8) is 0 Å². The Balaban J connectivity index is 2.11. The number of nitrogens with zero attached hydrogens (tertiary/aromatic N) is 1. The van der Waals surface area contributed by atoms with Gasteiger partial charge in [0.2, 0.25) is 0 Å². The number of hydrogen-bond donors (Lipinski definition) is 2. The number of rotatable bonds is 5. The number of urea groups is 1. The predicted molar refractivity (Wildman–Crippen MR) is 84.1 cm³/mol. The zero-order valence-corrected chi connectivity index (χ0v) is 12.5. The van der Waals surface area contributed by atoms with E-state index < -0.39 is 6.03 Å². The highest BCUT2D eigenvalue weighted by atomic mass is 32.2. The standard InChI is InChI=1S/C16H15FN2O2S/c17-13-7-9-14(10-8-13)22-15-6-2-1-4-12(15)5-3-11-19(21)16(18)20/h1-10,21H,11H2,(H2,18,20)/b5-3+. The molecule has 0 heterocycles. The van der Waals surface area contributed by atoms with Gasteiger partial charge in [-0.15, -0.1) is 0 Å². The van der Waals surface area contributed by atoms with E-state index >= 15 is 0 Å². The molecule has 2 rings (SSSR count). The maximum Gasteiger partial charge on any atom is 0.338 e. The van der Waals surface area contributed by atoms with Crippen LogP contribution in [0.2, 0.25) is 0 Å². The van der Waals surface area contributed by atoms with Crippen LogP contribution in [0.15, 0.2) is 64.4 Å². The minimum Gasteiger partial charge on any atom is -0.350 e. The summed E-state index contributed by atoms with van der Waals surface area (Å²) in [7, 11) is 0. The van der Waals surface area contributed by atoms with Crippen LogP contribution in [0.4, 0.5) is 9.18 Å². The molecular formula is C16H15FN2O2S.